The summed E-state index contributed by atoms with van der Waals surface area (Å²) in [6, 6.07) is 10.5. The van der Waals surface area contributed by atoms with E-state index < -0.39 is 12.0 Å². The predicted octanol–water partition coefficient (Wildman–Crippen LogP) is 5.58. The van der Waals surface area contributed by atoms with Crippen LogP contribution in [0.25, 0.3) is 0 Å². The Morgan fingerprint density at radius 1 is 1.11 bits per heavy atom. The maximum atomic E-state index is 13.0. The Hall–Kier alpha value is -3.07. The van der Waals surface area contributed by atoms with Gasteiger partial charge in [-0.25, -0.2) is 9.59 Å². The summed E-state index contributed by atoms with van der Waals surface area (Å²) in [5, 5.41) is 6.38. The average molecular weight is 534 g/mol. The monoisotopic (exact) mass is 533 g/mol. The molecule has 8 nitrogen and oxygen atoms in total. The van der Waals surface area contributed by atoms with E-state index in [1.54, 1.807) is 48.2 Å². The van der Waals surface area contributed by atoms with Gasteiger partial charge in [0.1, 0.15) is 6.61 Å². The van der Waals surface area contributed by atoms with E-state index >= 15 is 0 Å². The number of unbranched alkanes of at least 4 members (excludes halogenated alkanes) is 1. The summed E-state index contributed by atoms with van der Waals surface area (Å²) in [5.41, 5.74) is 2.38. The highest BCUT2D eigenvalue weighted by atomic mass is 35.5. The van der Waals surface area contributed by atoms with E-state index in [0.717, 1.165) is 12.8 Å². The van der Waals surface area contributed by atoms with Crippen LogP contribution in [0.15, 0.2) is 53.7 Å². The van der Waals surface area contributed by atoms with Crippen molar-refractivity contribution in [1.82, 2.24) is 10.2 Å². The highest BCUT2D eigenvalue weighted by Gasteiger charge is 2.36. The van der Waals surface area contributed by atoms with Gasteiger partial charge in [-0.05, 0) is 49.2 Å². The fourth-order valence-electron chi connectivity index (χ4n) is 3.81. The lowest BCUT2D eigenvalue weighted by Crippen LogP contribution is -2.48. The molecule has 1 aliphatic heterocycles. The van der Waals surface area contributed by atoms with Gasteiger partial charge in [0.05, 0.1) is 28.8 Å². The lowest BCUT2D eigenvalue weighted by molar-refractivity contribution is -0.140. The van der Waals surface area contributed by atoms with Crippen LogP contribution < -0.4 is 10.6 Å². The minimum atomic E-state index is -0.708. The average Bonchev–Trinajstić information content (AvgIpc) is 2.84. The number of amides is 3. The molecule has 0 radical (unpaired) electrons. The summed E-state index contributed by atoms with van der Waals surface area (Å²) in [6.07, 6.45) is 1.70. The first kappa shape index (κ1) is 27.5. The molecule has 2 N–H and O–H groups in total. The van der Waals surface area contributed by atoms with Crippen LogP contribution in [0.3, 0.4) is 0 Å². The number of allylic oxidation sites excluding steroid dienone is 1. The van der Waals surface area contributed by atoms with E-state index in [-0.39, 0.29) is 35.7 Å². The SMILES string of the molecule is CCCCN1C(=O)NC(c2ccc(NC(=O)c3ccc(Cl)cc3Cl)cc2)C(C(=O)OCCOC)=C1C. The minimum absolute atomic E-state index is 0.0972. The number of hydrogen-bond acceptors (Lipinski definition) is 5. The van der Waals surface area contributed by atoms with Crippen molar-refractivity contribution < 1.29 is 23.9 Å². The molecule has 36 heavy (non-hydrogen) atoms. The van der Waals surface area contributed by atoms with Gasteiger partial charge >= 0.3 is 12.0 Å². The third-order valence-corrected chi connectivity index (χ3v) is 6.30. The molecule has 0 aromatic heterocycles. The number of hydrogen-bond donors (Lipinski definition) is 2. The Labute approximate surface area is 220 Å². The first-order valence-electron chi connectivity index (χ1n) is 11.6. The molecule has 0 saturated carbocycles. The van der Waals surface area contributed by atoms with Crippen LogP contribution in [0.5, 0.6) is 0 Å². The molecule has 10 heteroatoms. The summed E-state index contributed by atoms with van der Waals surface area (Å²) in [5.74, 6) is -0.911. The molecule has 1 heterocycles. The van der Waals surface area contributed by atoms with E-state index in [4.69, 9.17) is 32.7 Å². The zero-order valence-corrected chi connectivity index (χ0v) is 21.9. The molecule has 1 unspecified atom stereocenters. The molecule has 3 rings (SSSR count). The molecule has 3 amide bonds. The van der Waals surface area contributed by atoms with Gasteiger partial charge in [0, 0.05) is 30.1 Å². The highest BCUT2D eigenvalue weighted by Crippen LogP contribution is 2.32. The number of anilines is 1. The zero-order chi connectivity index (χ0) is 26.2. The summed E-state index contributed by atoms with van der Waals surface area (Å²) in [6.45, 7) is 4.64. The lowest BCUT2D eigenvalue weighted by Gasteiger charge is -2.35. The van der Waals surface area contributed by atoms with Gasteiger partial charge in [-0.3, -0.25) is 9.69 Å². The number of benzene rings is 2. The molecular formula is C26H29Cl2N3O5. The number of esters is 1. The largest absolute Gasteiger partial charge is 0.460 e. The van der Waals surface area contributed by atoms with E-state index in [1.165, 1.54) is 13.2 Å². The number of ether oxygens (including phenoxy) is 2. The number of halogens is 2. The second-order valence-electron chi connectivity index (χ2n) is 8.22. The number of rotatable bonds is 10. The molecule has 1 atom stereocenters. The Balaban J connectivity index is 1.85. The number of carbonyl (C=O) groups excluding carboxylic acids is 3. The number of methoxy groups -OCH3 is 1. The molecule has 0 aliphatic carbocycles. The van der Waals surface area contributed by atoms with Crippen molar-refractivity contribution in [3.63, 3.8) is 0 Å². The van der Waals surface area contributed by atoms with Gasteiger partial charge in [-0.1, -0.05) is 48.7 Å². The van der Waals surface area contributed by atoms with Gasteiger partial charge in [0.25, 0.3) is 5.91 Å². The zero-order valence-electron chi connectivity index (χ0n) is 20.4. The topological polar surface area (TPSA) is 97.0 Å². The van der Waals surface area contributed by atoms with Crippen molar-refractivity contribution in [3.8, 4) is 0 Å². The number of nitrogens with one attached hydrogen (secondary N) is 2. The molecule has 2 aromatic rings. The third-order valence-electron chi connectivity index (χ3n) is 5.75. The fourth-order valence-corrected chi connectivity index (χ4v) is 4.30. The van der Waals surface area contributed by atoms with Crippen molar-refractivity contribution in [1.29, 1.82) is 0 Å². The summed E-state index contributed by atoms with van der Waals surface area (Å²) < 4.78 is 10.4. The van der Waals surface area contributed by atoms with Crippen molar-refractivity contribution in [3.05, 3.63) is 74.9 Å². The van der Waals surface area contributed by atoms with Gasteiger partial charge in [-0.15, -0.1) is 0 Å². The van der Waals surface area contributed by atoms with E-state index in [2.05, 4.69) is 10.6 Å². The first-order chi connectivity index (χ1) is 17.3. The number of urea groups is 1. The van der Waals surface area contributed by atoms with E-state index in [1.807, 2.05) is 6.92 Å². The Morgan fingerprint density at radius 2 is 1.83 bits per heavy atom. The Morgan fingerprint density at radius 3 is 2.47 bits per heavy atom. The van der Waals surface area contributed by atoms with Gasteiger partial charge in [0.15, 0.2) is 0 Å². The molecule has 0 saturated heterocycles. The lowest BCUT2D eigenvalue weighted by atomic mass is 9.94. The second kappa shape index (κ2) is 12.8. The molecule has 0 spiro atoms. The molecule has 0 bridgehead atoms. The van der Waals surface area contributed by atoms with Gasteiger partial charge in [0.2, 0.25) is 0 Å². The number of carbonyl (C=O) groups is 3. The second-order valence-corrected chi connectivity index (χ2v) is 9.06. The maximum Gasteiger partial charge on any atom is 0.338 e. The predicted molar refractivity (Wildman–Crippen MR) is 139 cm³/mol. The van der Waals surface area contributed by atoms with Crippen LogP contribution in [0.1, 0.15) is 48.7 Å². The summed E-state index contributed by atoms with van der Waals surface area (Å²) >= 11 is 12.0. The summed E-state index contributed by atoms with van der Waals surface area (Å²) in [4.78, 5) is 40.1. The van der Waals surface area contributed by atoms with Crippen molar-refractivity contribution in [2.45, 2.75) is 32.7 Å². The third kappa shape index (κ3) is 6.57. The quantitative estimate of drug-likeness (QED) is 0.307. The smallest absolute Gasteiger partial charge is 0.338 e. The molecule has 1 aliphatic rings. The Bertz CT molecular complexity index is 1150. The van der Waals surface area contributed by atoms with Crippen LogP contribution in [0.4, 0.5) is 10.5 Å². The van der Waals surface area contributed by atoms with Crippen LogP contribution in [-0.4, -0.2) is 49.7 Å². The molecule has 2 aromatic carbocycles. The van der Waals surface area contributed by atoms with Crippen LogP contribution >= 0.6 is 23.2 Å². The van der Waals surface area contributed by atoms with E-state index in [9.17, 15) is 14.4 Å². The standard InChI is InChI=1S/C26H29Cl2N3O5/c1-4-5-12-31-16(2)22(25(33)36-14-13-35-3)23(30-26(31)34)17-6-9-19(10-7-17)29-24(32)20-11-8-18(27)15-21(20)28/h6-11,15,23H,4-5,12-14H2,1-3H3,(H,29,32)(H,30,34). The minimum Gasteiger partial charge on any atom is -0.460 e. The van der Waals surface area contributed by atoms with Crippen molar-refractivity contribution in [2.24, 2.45) is 0 Å². The van der Waals surface area contributed by atoms with Gasteiger partial charge < -0.3 is 20.1 Å². The molecular weight excluding hydrogens is 505 g/mol. The first-order valence-corrected chi connectivity index (χ1v) is 12.3. The molecule has 0 fully saturated rings. The highest BCUT2D eigenvalue weighted by molar-refractivity contribution is 6.37. The number of nitrogens with zero attached hydrogens (tertiary/aromatic N) is 1. The molecule has 192 valence electrons. The normalized spacial score (nSPS) is 15.5. The Kier molecular flexibility index (Phi) is 9.75. The van der Waals surface area contributed by atoms with Crippen molar-refractivity contribution in [2.75, 3.05) is 32.2 Å². The summed E-state index contributed by atoms with van der Waals surface area (Å²) in [7, 11) is 1.52. The van der Waals surface area contributed by atoms with Crippen LogP contribution in [0, 0.1) is 0 Å². The van der Waals surface area contributed by atoms with Crippen molar-refractivity contribution >= 4 is 46.8 Å². The maximum absolute atomic E-state index is 13.0. The van der Waals surface area contributed by atoms with Crippen LogP contribution in [-0.2, 0) is 14.3 Å². The van der Waals surface area contributed by atoms with Gasteiger partial charge in [-0.2, -0.15) is 0 Å². The fraction of sp³-hybridized carbons (Fsp3) is 0.346. The van der Waals surface area contributed by atoms with E-state index in [0.29, 0.717) is 34.1 Å². The van der Waals surface area contributed by atoms with Crippen LogP contribution in [0.2, 0.25) is 10.0 Å².